The fourth-order valence-corrected chi connectivity index (χ4v) is 3.43. The molecule has 0 atom stereocenters. The highest BCUT2D eigenvalue weighted by atomic mass is 16.5. The van der Waals surface area contributed by atoms with E-state index in [2.05, 4.69) is 52.0 Å². The third-order valence-electron chi connectivity index (χ3n) is 5.23. The van der Waals surface area contributed by atoms with Gasteiger partial charge in [-0.3, -0.25) is 0 Å². The van der Waals surface area contributed by atoms with Crippen LogP contribution in [-0.2, 0) is 16.8 Å². The van der Waals surface area contributed by atoms with Gasteiger partial charge in [0, 0.05) is 0 Å². The molecule has 2 nitrogen and oxygen atoms in total. The molecule has 0 spiro atoms. The van der Waals surface area contributed by atoms with Crippen molar-refractivity contribution in [1.82, 2.24) is 0 Å². The summed E-state index contributed by atoms with van der Waals surface area (Å²) in [6.07, 6.45) is 4.20. The van der Waals surface area contributed by atoms with E-state index in [0.717, 1.165) is 13.2 Å². The molecule has 0 bridgehead atoms. The Labute approximate surface area is 137 Å². The maximum atomic E-state index is 5.96. The molecule has 1 saturated heterocycles. The summed E-state index contributed by atoms with van der Waals surface area (Å²) in [6, 6.07) is 8.91. The molecule has 0 unspecified atom stereocenters. The van der Waals surface area contributed by atoms with Gasteiger partial charge < -0.3 is 9.22 Å². The van der Waals surface area contributed by atoms with Crippen LogP contribution in [0.3, 0.4) is 0 Å². The first-order valence-electron chi connectivity index (χ1n) is 8.97. The fourth-order valence-electron chi connectivity index (χ4n) is 3.43. The Morgan fingerprint density at radius 3 is 2.18 bits per heavy atom. The Kier molecular flexibility index (Phi) is 6.05. The molecule has 1 aliphatic rings. The molecule has 0 aromatic heterocycles. The first-order chi connectivity index (χ1) is 10.5. The predicted octanol–water partition coefficient (Wildman–Crippen LogP) is 4.52. The molecule has 1 aromatic rings. The summed E-state index contributed by atoms with van der Waals surface area (Å²) in [5.74, 6) is 0. The lowest BCUT2D eigenvalue weighted by Crippen LogP contribution is -2.53. The zero-order chi connectivity index (χ0) is 16.1. The third kappa shape index (κ3) is 4.82. The van der Waals surface area contributed by atoms with E-state index < -0.39 is 0 Å². The van der Waals surface area contributed by atoms with E-state index in [1.165, 1.54) is 61.1 Å². The highest BCUT2D eigenvalue weighted by Crippen LogP contribution is 2.22. The molecule has 1 fully saturated rings. The Balaban J connectivity index is 1.76. The van der Waals surface area contributed by atoms with Crippen LogP contribution < -0.4 is 0 Å². The number of ether oxygens (including phenoxy) is 1. The number of piperidine rings is 1. The van der Waals surface area contributed by atoms with E-state index in [1.807, 2.05) is 0 Å². The number of likely N-dealkylation sites (N-methyl/N-ethyl adjacent to an activating group) is 1. The van der Waals surface area contributed by atoms with Crippen molar-refractivity contribution >= 4 is 0 Å². The summed E-state index contributed by atoms with van der Waals surface area (Å²) < 4.78 is 7.23. The van der Waals surface area contributed by atoms with Gasteiger partial charge in [0.05, 0.1) is 32.8 Å². The van der Waals surface area contributed by atoms with Crippen molar-refractivity contribution in [1.29, 1.82) is 0 Å². The summed E-state index contributed by atoms with van der Waals surface area (Å²) in [7, 11) is 0. The monoisotopic (exact) mass is 304 g/mol. The van der Waals surface area contributed by atoms with Crippen molar-refractivity contribution in [3.05, 3.63) is 35.4 Å². The Morgan fingerprint density at radius 2 is 1.64 bits per heavy atom. The maximum absolute atomic E-state index is 5.96. The van der Waals surface area contributed by atoms with E-state index >= 15 is 0 Å². The van der Waals surface area contributed by atoms with Gasteiger partial charge in [-0.05, 0) is 42.7 Å². The van der Waals surface area contributed by atoms with Gasteiger partial charge in [0.2, 0.25) is 0 Å². The summed E-state index contributed by atoms with van der Waals surface area (Å²) in [4.78, 5) is 0. The second-order valence-corrected chi connectivity index (χ2v) is 7.89. The topological polar surface area (TPSA) is 9.23 Å². The predicted molar refractivity (Wildman–Crippen MR) is 94.1 cm³/mol. The third-order valence-corrected chi connectivity index (χ3v) is 5.23. The van der Waals surface area contributed by atoms with Crippen LogP contribution in [0.25, 0.3) is 0 Å². The van der Waals surface area contributed by atoms with E-state index in [4.69, 9.17) is 4.74 Å². The number of benzene rings is 1. The molecule has 0 amide bonds. The van der Waals surface area contributed by atoms with E-state index in [-0.39, 0.29) is 5.41 Å². The molecule has 0 radical (unpaired) electrons. The SMILES string of the molecule is CC[N+]1(CCOCc2ccc(C(C)(C)C)cc2)CCCCC1. The molecule has 1 heterocycles. The molecule has 0 N–H and O–H groups in total. The minimum atomic E-state index is 0.228. The normalized spacial score (nSPS) is 18.4. The van der Waals surface area contributed by atoms with Crippen LogP contribution in [0.15, 0.2) is 24.3 Å². The lowest BCUT2D eigenvalue weighted by molar-refractivity contribution is -0.931. The average Bonchev–Trinajstić information content (AvgIpc) is 2.52. The lowest BCUT2D eigenvalue weighted by Gasteiger charge is -2.40. The van der Waals surface area contributed by atoms with E-state index in [0.29, 0.717) is 0 Å². The van der Waals surface area contributed by atoms with Gasteiger partial charge in [0.1, 0.15) is 6.54 Å². The highest BCUT2D eigenvalue weighted by molar-refractivity contribution is 5.27. The van der Waals surface area contributed by atoms with Gasteiger partial charge in [-0.15, -0.1) is 0 Å². The van der Waals surface area contributed by atoms with Crippen LogP contribution in [0.1, 0.15) is 58.1 Å². The zero-order valence-electron chi connectivity index (χ0n) is 15.0. The molecular formula is C20H34NO+. The van der Waals surface area contributed by atoms with Crippen LogP contribution in [0.4, 0.5) is 0 Å². The van der Waals surface area contributed by atoms with Crippen molar-refractivity contribution in [2.24, 2.45) is 0 Å². The van der Waals surface area contributed by atoms with Gasteiger partial charge in [0.25, 0.3) is 0 Å². The van der Waals surface area contributed by atoms with Crippen molar-refractivity contribution in [3.63, 3.8) is 0 Å². The number of hydrogen-bond acceptors (Lipinski definition) is 1. The maximum Gasteiger partial charge on any atom is 0.102 e. The minimum Gasteiger partial charge on any atom is -0.371 e. The highest BCUT2D eigenvalue weighted by Gasteiger charge is 2.27. The first-order valence-corrected chi connectivity index (χ1v) is 8.97. The average molecular weight is 304 g/mol. The number of rotatable bonds is 6. The molecule has 2 heteroatoms. The van der Waals surface area contributed by atoms with Crippen molar-refractivity contribution in [2.45, 2.75) is 59.0 Å². The van der Waals surface area contributed by atoms with Gasteiger partial charge in [0.15, 0.2) is 0 Å². The molecule has 1 aliphatic heterocycles. The number of nitrogens with zero attached hydrogens (tertiary/aromatic N) is 1. The largest absolute Gasteiger partial charge is 0.371 e. The van der Waals surface area contributed by atoms with Crippen LogP contribution in [0.2, 0.25) is 0 Å². The van der Waals surface area contributed by atoms with Gasteiger partial charge in [-0.25, -0.2) is 0 Å². The molecule has 124 valence electrons. The second kappa shape index (κ2) is 7.61. The quantitative estimate of drug-likeness (QED) is 0.554. The number of likely N-dealkylation sites (tertiary alicyclic amines) is 1. The first kappa shape index (κ1) is 17.5. The summed E-state index contributed by atoms with van der Waals surface area (Å²) in [5.41, 5.74) is 2.90. The van der Waals surface area contributed by atoms with Crippen molar-refractivity contribution in [3.8, 4) is 0 Å². The Hall–Kier alpha value is -0.860. The van der Waals surface area contributed by atoms with E-state index in [9.17, 15) is 0 Å². The Bertz CT molecular complexity index is 438. The summed E-state index contributed by atoms with van der Waals surface area (Å²) in [5, 5.41) is 0. The Morgan fingerprint density at radius 1 is 1.00 bits per heavy atom. The zero-order valence-corrected chi connectivity index (χ0v) is 15.0. The van der Waals surface area contributed by atoms with Gasteiger partial charge in [-0.2, -0.15) is 0 Å². The number of hydrogen-bond donors (Lipinski definition) is 0. The summed E-state index contributed by atoms with van der Waals surface area (Å²) in [6.45, 7) is 15.8. The van der Waals surface area contributed by atoms with Crippen LogP contribution in [-0.4, -0.2) is 37.3 Å². The van der Waals surface area contributed by atoms with Crippen LogP contribution in [0.5, 0.6) is 0 Å². The molecule has 1 aromatic carbocycles. The molecular weight excluding hydrogens is 270 g/mol. The minimum absolute atomic E-state index is 0.228. The van der Waals surface area contributed by atoms with Crippen molar-refractivity contribution < 1.29 is 9.22 Å². The smallest absolute Gasteiger partial charge is 0.102 e. The second-order valence-electron chi connectivity index (χ2n) is 7.89. The number of quaternary nitrogens is 1. The lowest BCUT2D eigenvalue weighted by atomic mass is 9.87. The molecule has 22 heavy (non-hydrogen) atoms. The fraction of sp³-hybridized carbons (Fsp3) is 0.700. The van der Waals surface area contributed by atoms with Crippen LogP contribution >= 0.6 is 0 Å². The van der Waals surface area contributed by atoms with Crippen LogP contribution in [0, 0.1) is 0 Å². The molecule has 0 aliphatic carbocycles. The molecule has 2 rings (SSSR count). The molecule has 0 saturated carbocycles. The standard InChI is InChI=1S/C20H34NO/c1-5-21(13-7-6-8-14-21)15-16-22-17-18-9-11-19(12-10-18)20(2,3)4/h9-12H,5-8,13-17H2,1-4H3/q+1. The van der Waals surface area contributed by atoms with Gasteiger partial charge >= 0.3 is 0 Å². The van der Waals surface area contributed by atoms with Gasteiger partial charge in [-0.1, -0.05) is 45.0 Å². The van der Waals surface area contributed by atoms with Crippen molar-refractivity contribution in [2.75, 3.05) is 32.8 Å². The summed E-state index contributed by atoms with van der Waals surface area (Å²) >= 11 is 0. The van der Waals surface area contributed by atoms with E-state index in [1.54, 1.807) is 0 Å².